The third-order valence-corrected chi connectivity index (χ3v) is 11.5. The van der Waals surface area contributed by atoms with E-state index in [0.29, 0.717) is 0 Å². The average Bonchev–Trinajstić information content (AvgIpc) is 2.89. The van der Waals surface area contributed by atoms with Crippen molar-refractivity contribution >= 4 is 45.9 Å². The van der Waals surface area contributed by atoms with Gasteiger partial charge in [0.15, 0.2) is 8.07 Å². The first kappa shape index (κ1) is 20.6. The second-order valence-electron chi connectivity index (χ2n) is 8.42. The standard InChI is InChI=1S/C30H21F2NSi/c31-24-16-11-17-25(32)30(24)33-26-18-7-9-20-28(26)34(22-12-3-1-4-13-22,23-14-5-2-6-15-23)29-21-10-8-19-27(29)33/h1-21H. The fourth-order valence-corrected chi connectivity index (χ4v) is 10.5. The molecule has 0 aliphatic carbocycles. The Kier molecular flexibility index (Phi) is 4.89. The van der Waals surface area contributed by atoms with Crippen LogP contribution in [0, 0.1) is 11.6 Å². The summed E-state index contributed by atoms with van der Waals surface area (Å²) in [6.07, 6.45) is 0. The van der Waals surface area contributed by atoms with E-state index < -0.39 is 19.7 Å². The van der Waals surface area contributed by atoms with E-state index in [1.807, 2.05) is 48.5 Å². The Morgan fingerprint density at radius 3 is 1.32 bits per heavy atom. The van der Waals surface area contributed by atoms with Gasteiger partial charge in [-0.1, -0.05) is 103 Å². The van der Waals surface area contributed by atoms with Gasteiger partial charge in [0, 0.05) is 11.4 Å². The Hall–Kier alpha value is -4.02. The van der Waals surface area contributed by atoms with E-state index in [9.17, 15) is 0 Å². The predicted molar refractivity (Wildman–Crippen MR) is 138 cm³/mol. The maximum Gasteiger partial charge on any atom is 0.184 e. The summed E-state index contributed by atoms with van der Waals surface area (Å²) in [5, 5.41) is 4.67. The first-order valence-corrected chi connectivity index (χ1v) is 13.3. The highest BCUT2D eigenvalue weighted by Gasteiger charge is 2.49. The van der Waals surface area contributed by atoms with Crippen LogP contribution in [0.3, 0.4) is 0 Å². The zero-order valence-corrected chi connectivity index (χ0v) is 19.3. The highest BCUT2D eigenvalue weighted by molar-refractivity contribution is 7.21. The van der Waals surface area contributed by atoms with Crippen molar-refractivity contribution in [3.05, 3.63) is 139 Å². The largest absolute Gasteiger partial charge is 0.305 e. The van der Waals surface area contributed by atoms with Crippen LogP contribution in [0.1, 0.15) is 0 Å². The molecule has 0 saturated carbocycles. The molecule has 0 atom stereocenters. The minimum absolute atomic E-state index is 0.0499. The molecule has 0 spiro atoms. The van der Waals surface area contributed by atoms with Gasteiger partial charge in [0.2, 0.25) is 0 Å². The predicted octanol–water partition coefficient (Wildman–Crippen LogP) is 5.13. The van der Waals surface area contributed by atoms with Gasteiger partial charge in [0.1, 0.15) is 17.3 Å². The molecule has 0 bridgehead atoms. The molecule has 5 aromatic rings. The quantitative estimate of drug-likeness (QED) is 0.331. The summed E-state index contributed by atoms with van der Waals surface area (Å²) < 4.78 is 30.4. The summed E-state index contributed by atoms with van der Waals surface area (Å²) in [6.45, 7) is 0. The smallest absolute Gasteiger partial charge is 0.184 e. The molecule has 0 aromatic heterocycles. The molecule has 0 unspecified atom stereocenters. The first-order valence-electron chi connectivity index (χ1n) is 11.3. The van der Waals surface area contributed by atoms with Crippen molar-refractivity contribution in [1.29, 1.82) is 0 Å². The molecule has 4 heteroatoms. The lowest BCUT2D eigenvalue weighted by molar-refractivity contribution is 0.586. The summed E-state index contributed by atoms with van der Waals surface area (Å²) in [4.78, 5) is 1.76. The van der Waals surface area contributed by atoms with E-state index in [-0.39, 0.29) is 5.69 Å². The van der Waals surface area contributed by atoms with E-state index >= 15 is 8.78 Å². The molecule has 1 nitrogen and oxygen atoms in total. The van der Waals surface area contributed by atoms with Gasteiger partial charge in [-0.05, 0) is 45.0 Å². The van der Waals surface area contributed by atoms with E-state index in [1.54, 1.807) is 4.90 Å². The van der Waals surface area contributed by atoms with Gasteiger partial charge in [-0.15, -0.1) is 0 Å². The Labute approximate surface area is 198 Å². The Morgan fingerprint density at radius 1 is 0.441 bits per heavy atom. The second kappa shape index (κ2) is 8.08. The normalized spacial score (nSPS) is 13.8. The van der Waals surface area contributed by atoms with Crippen molar-refractivity contribution < 1.29 is 8.78 Å². The summed E-state index contributed by atoms with van der Waals surface area (Å²) in [5.41, 5.74) is 1.57. The SMILES string of the molecule is Fc1cccc(F)c1N1c2ccccc2[Si](c2ccccc2)(c2ccccc2)c2ccccc21. The molecule has 0 saturated heterocycles. The van der Waals surface area contributed by atoms with Crippen LogP contribution in [0.15, 0.2) is 127 Å². The minimum atomic E-state index is -2.77. The number of para-hydroxylation sites is 3. The number of hydrogen-bond donors (Lipinski definition) is 0. The lowest BCUT2D eigenvalue weighted by Crippen LogP contribution is -2.77. The molecule has 5 aromatic carbocycles. The van der Waals surface area contributed by atoms with Crippen molar-refractivity contribution in [2.75, 3.05) is 4.90 Å². The lowest BCUT2D eigenvalue weighted by Gasteiger charge is -2.45. The van der Waals surface area contributed by atoms with Gasteiger partial charge >= 0.3 is 0 Å². The van der Waals surface area contributed by atoms with Crippen LogP contribution < -0.4 is 25.6 Å². The Balaban J connectivity index is 1.79. The van der Waals surface area contributed by atoms with Crippen LogP contribution in [0.5, 0.6) is 0 Å². The molecule has 6 rings (SSSR count). The molecule has 164 valence electrons. The van der Waals surface area contributed by atoms with Gasteiger partial charge in [-0.3, -0.25) is 0 Å². The minimum Gasteiger partial charge on any atom is -0.305 e. The second-order valence-corrected chi connectivity index (χ2v) is 12.2. The van der Waals surface area contributed by atoms with Gasteiger partial charge in [0.25, 0.3) is 0 Å². The van der Waals surface area contributed by atoms with E-state index in [0.717, 1.165) is 21.7 Å². The Bertz CT molecular complexity index is 1380. The lowest BCUT2D eigenvalue weighted by atomic mass is 10.1. The molecular formula is C30H21F2NSi. The molecule has 1 heterocycles. The van der Waals surface area contributed by atoms with Crippen molar-refractivity contribution in [3.8, 4) is 0 Å². The van der Waals surface area contributed by atoms with Crippen LogP contribution in [0.25, 0.3) is 0 Å². The third kappa shape index (κ3) is 2.89. The molecule has 0 amide bonds. The van der Waals surface area contributed by atoms with Crippen molar-refractivity contribution in [1.82, 2.24) is 0 Å². The number of rotatable bonds is 3. The fourth-order valence-electron chi connectivity index (χ4n) is 5.35. The van der Waals surface area contributed by atoms with Crippen LogP contribution in [0.4, 0.5) is 25.8 Å². The van der Waals surface area contributed by atoms with Gasteiger partial charge in [-0.2, -0.15) is 0 Å². The number of hydrogen-bond acceptors (Lipinski definition) is 1. The van der Waals surface area contributed by atoms with E-state index in [2.05, 4.69) is 60.7 Å². The molecule has 34 heavy (non-hydrogen) atoms. The van der Waals surface area contributed by atoms with E-state index in [1.165, 1.54) is 28.6 Å². The monoisotopic (exact) mass is 461 g/mol. The van der Waals surface area contributed by atoms with Crippen LogP contribution in [0.2, 0.25) is 0 Å². The Morgan fingerprint density at radius 2 is 0.853 bits per heavy atom. The highest BCUT2D eigenvalue weighted by atomic mass is 28.3. The third-order valence-electron chi connectivity index (χ3n) is 6.67. The van der Waals surface area contributed by atoms with Crippen LogP contribution in [-0.4, -0.2) is 8.07 Å². The van der Waals surface area contributed by atoms with Crippen molar-refractivity contribution in [2.24, 2.45) is 0 Å². The molecule has 0 radical (unpaired) electrons. The molecule has 0 fully saturated rings. The van der Waals surface area contributed by atoms with Crippen molar-refractivity contribution in [2.45, 2.75) is 0 Å². The topological polar surface area (TPSA) is 3.24 Å². The number of benzene rings is 5. The molecule has 1 aliphatic rings. The maximum atomic E-state index is 15.2. The zero-order valence-electron chi connectivity index (χ0n) is 18.3. The summed E-state index contributed by atoms with van der Waals surface area (Å²) in [5.74, 6) is -1.17. The number of nitrogens with zero attached hydrogens (tertiary/aromatic N) is 1. The average molecular weight is 462 g/mol. The molecular weight excluding hydrogens is 440 g/mol. The summed E-state index contributed by atoms with van der Waals surface area (Å²) >= 11 is 0. The number of fused-ring (bicyclic) bond motifs is 2. The summed E-state index contributed by atoms with van der Waals surface area (Å²) in [6, 6.07) is 41.3. The van der Waals surface area contributed by atoms with Gasteiger partial charge < -0.3 is 4.90 Å². The van der Waals surface area contributed by atoms with Crippen LogP contribution >= 0.6 is 0 Å². The van der Waals surface area contributed by atoms with Crippen LogP contribution in [-0.2, 0) is 0 Å². The summed E-state index contributed by atoms with van der Waals surface area (Å²) in [7, 11) is -2.77. The van der Waals surface area contributed by atoms with Gasteiger partial charge in [-0.25, -0.2) is 8.78 Å². The number of halogens is 2. The fraction of sp³-hybridized carbons (Fsp3) is 0. The van der Waals surface area contributed by atoms with E-state index in [4.69, 9.17) is 0 Å². The molecule has 1 aliphatic heterocycles. The number of anilines is 3. The first-order chi connectivity index (χ1) is 16.7. The zero-order chi connectivity index (χ0) is 23.1. The maximum absolute atomic E-state index is 15.2. The van der Waals surface area contributed by atoms with Crippen molar-refractivity contribution in [3.63, 3.8) is 0 Å². The van der Waals surface area contributed by atoms with Gasteiger partial charge in [0.05, 0.1) is 0 Å². The molecule has 0 N–H and O–H groups in total. The highest BCUT2D eigenvalue weighted by Crippen LogP contribution is 2.40.